The molecule has 0 spiro atoms. The molecule has 0 unspecified atom stereocenters. The molecule has 32 heavy (non-hydrogen) atoms. The number of hydrogen-bond donors (Lipinski definition) is 1. The Bertz CT molecular complexity index is 1240. The molecule has 2 N–H and O–H groups in total. The van der Waals surface area contributed by atoms with E-state index < -0.39 is 0 Å². The van der Waals surface area contributed by atoms with Gasteiger partial charge in [-0.25, -0.2) is 15.0 Å². The first-order valence-electron chi connectivity index (χ1n) is 10.4. The van der Waals surface area contributed by atoms with Gasteiger partial charge in [0.2, 0.25) is 0 Å². The summed E-state index contributed by atoms with van der Waals surface area (Å²) in [5.74, 6) is 0.588. The minimum absolute atomic E-state index is 0. The van der Waals surface area contributed by atoms with Gasteiger partial charge in [-0.1, -0.05) is 61.1 Å². The van der Waals surface area contributed by atoms with E-state index in [1.54, 1.807) is 13.1 Å². The molecule has 0 atom stereocenters. The molecule has 0 saturated heterocycles. The summed E-state index contributed by atoms with van der Waals surface area (Å²) in [6, 6.07) is 10.2. The molecule has 0 radical (unpaired) electrons. The molecule has 3 aromatic heterocycles. The summed E-state index contributed by atoms with van der Waals surface area (Å²) in [5.41, 5.74) is 10.8. The number of pyridine rings is 1. The highest BCUT2D eigenvalue weighted by atomic mass is 16.1. The van der Waals surface area contributed by atoms with Crippen molar-refractivity contribution in [3.8, 4) is 0 Å². The molecule has 0 aliphatic carbocycles. The maximum atomic E-state index is 11.4. The van der Waals surface area contributed by atoms with E-state index in [1.165, 1.54) is 17.5 Å². The van der Waals surface area contributed by atoms with Crippen LogP contribution in [0.3, 0.4) is 0 Å². The third-order valence-corrected chi connectivity index (χ3v) is 5.26. The number of benzene rings is 1. The number of anilines is 1. The number of imidazole rings is 1. The summed E-state index contributed by atoms with van der Waals surface area (Å²) in [4.78, 5) is 23.8. The molecule has 1 aromatic carbocycles. The highest BCUT2D eigenvalue weighted by molar-refractivity contribution is 5.93. The number of fused-ring (bicyclic) bond motifs is 2. The third-order valence-electron chi connectivity index (χ3n) is 5.26. The van der Waals surface area contributed by atoms with Gasteiger partial charge in [-0.05, 0) is 40.2 Å². The second-order valence-corrected chi connectivity index (χ2v) is 9.84. The van der Waals surface area contributed by atoms with Crippen LogP contribution < -0.4 is 5.73 Å². The summed E-state index contributed by atoms with van der Waals surface area (Å²) in [7, 11) is 0. The lowest BCUT2D eigenvalue weighted by Crippen LogP contribution is -2.12. The van der Waals surface area contributed by atoms with Crippen LogP contribution in [0.2, 0.25) is 0 Å². The number of carbonyl (C=O) groups is 1. The van der Waals surface area contributed by atoms with Crippen molar-refractivity contribution < 1.29 is 4.79 Å². The number of rotatable bonds is 1. The number of ketones is 1. The highest BCUT2D eigenvalue weighted by Gasteiger charge is 2.16. The standard InChI is InChI=1S/C13H16N2O.C12H15N3.CH4/c1-9(16)11-7-14-12-6-5-10(8-15(11)12)13(2,3)4;1-12(2,3)8-4-5-10-9(6-8)11(13)15-7-14-10;/h5-8H,1-4H3;4-7H,1-3H3,(H2,13,14,15);1H4. The van der Waals surface area contributed by atoms with Crippen LogP contribution in [-0.2, 0) is 10.8 Å². The summed E-state index contributed by atoms with van der Waals surface area (Å²) < 4.78 is 1.86. The molecule has 0 aliphatic rings. The van der Waals surface area contributed by atoms with Crippen molar-refractivity contribution in [2.75, 3.05) is 5.73 Å². The van der Waals surface area contributed by atoms with Gasteiger partial charge in [0, 0.05) is 18.5 Å². The Balaban J connectivity index is 0.000000220. The average molecular weight is 434 g/mol. The first-order chi connectivity index (χ1) is 14.4. The van der Waals surface area contributed by atoms with Gasteiger partial charge in [-0.2, -0.15) is 0 Å². The lowest BCUT2D eigenvalue weighted by atomic mass is 9.86. The number of nitrogens with two attached hydrogens (primary N) is 1. The van der Waals surface area contributed by atoms with Gasteiger partial charge in [0.05, 0.1) is 11.7 Å². The van der Waals surface area contributed by atoms with Gasteiger partial charge in [0.15, 0.2) is 5.78 Å². The molecule has 6 nitrogen and oxygen atoms in total. The number of aromatic nitrogens is 4. The molecule has 0 fully saturated rings. The van der Waals surface area contributed by atoms with Crippen LogP contribution in [0.25, 0.3) is 16.6 Å². The first kappa shape index (κ1) is 25.0. The second-order valence-electron chi connectivity index (χ2n) is 9.84. The van der Waals surface area contributed by atoms with Gasteiger partial charge >= 0.3 is 0 Å². The van der Waals surface area contributed by atoms with Gasteiger partial charge in [0.1, 0.15) is 23.5 Å². The van der Waals surface area contributed by atoms with E-state index in [0.29, 0.717) is 11.5 Å². The number of nitrogen functional groups attached to an aromatic ring is 1. The van der Waals surface area contributed by atoms with Crippen molar-refractivity contribution in [3.05, 3.63) is 65.9 Å². The molecule has 0 saturated carbocycles. The lowest BCUT2D eigenvalue weighted by Gasteiger charge is -2.19. The van der Waals surface area contributed by atoms with Crippen LogP contribution in [-0.4, -0.2) is 25.1 Å². The van der Waals surface area contributed by atoms with Crippen molar-refractivity contribution in [2.45, 2.75) is 66.7 Å². The Labute approximate surface area is 190 Å². The molecular weight excluding hydrogens is 398 g/mol. The monoisotopic (exact) mass is 433 g/mol. The van der Waals surface area contributed by atoms with Gasteiger partial charge < -0.3 is 5.73 Å². The quantitative estimate of drug-likeness (QED) is 0.373. The van der Waals surface area contributed by atoms with Crippen LogP contribution in [0, 0.1) is 0 Å². The SMILES string of the molecule is C.CC(=O)c1cnc2ccc(C(C)(C)C)cn12.CC(C)(C)c1ccc2ncnc(N)c2c1. The van der Waals surface area contributed by atoms with E-state index in [4.69, 9.17) is 5.73 Å². The molecule has 3 heterocycles. The predicted molar refractivity (Wildman–Crippen MR) is 133 cm³/mol. The summed E-state index contributed by atoms with van der Waals surface area (Å²) >= 11 is 0. The first-order valence-corrected chi connectivity index (χ1v) is 10.4. The van der Waals surface area contributed by atoms with Crippen molar-refractivity contribution in [2.24, 2.45) is 0 Å². The van der Waals surface area contributed by atoms with Crippen LogP contribution >= 0.6 is 0 Å². The molecule has 6 heteroatoms. The minimum Gasteiger partial charge on any atom is -0.383 e. The fourth-order valence-corrected chi connectivity index (χ4v) is 3.23. The maximum Gasteiger partial charge on any atom is 0.178 e. The number of nitrogens with zero attached hydrogens (tertiary/aromatic N) is 4. The zero-order chi connectivity index (χ0) is 23.0. The van der Waals surface area contributed by atoms with E-state index in [9.17, 15) is 4.79 Å². The molecule has 0 aliphatic heterocycles. The predicted octanol–water partition coefficient (Wildman–Crippen LogP) is 5.98. The zero-order valence-corrected chi connectivity index (χ0v) is 19.4. The van der Waals surface area contributed by atoms with E-state index in [1.807, 2.05) is 22.7 Å². The smallest absolute Gasteiger partial charge is 0.178 e. The van der Waals surface area contributed by atoms with Crippen LogP contribution in [0.5, 0.6) is 0 Å². The van der Waals surface area contributed by atoms with Gasteiger partial charge in [0.25, 0.3) is 0 Å². The molecular formula is C26H35N5O. The number of Topliss-reactive ketones (excluding diaryl/α,β-unsaturated/α-hetero) is 1. The van der Waals surface area contributed by atoms with Crippen molar-refractivity contribution in [1.29, 1.82) is 0 Å². The Morgan fingerprint density at radius 3 is 2.12 bits per heavy atom. The third kappa shape index (κ3) is 5.31. The Morgan fingerprint density at radius 2 is 1.53 bits per heavy atom. The summed E-state index contributed by atoms with van der Waals surface area (Å²) in [6.45, 7) is 14.5. The largest absolute Gasteiger partial charge is 0.383 e. The normalized spacial score (nSPS) is 11.6. The average Bonchev–Trinajstić information content (AvgIpc) is 3.11. The van der Waals surface area contributed by atoms with Gasteiger partial charge in [-0.15, -0.1) is 0 Å². The molecule has 0 bridgehead atoms. The zero-order valence-electron chi connectivity index (χ0n) is 19.4. The van der Waals surface area contributed by atoms with Crippen molar-refractivity contribution in [3.63, 3.8) is 0 Å². The highest BCUT2D eigenvalue weighted by Crippen LogP contribution is 2.27. The second kappa shape index (κ2) is 9.07. The van der Waals surface area contributed by atoms with Crippen molar-refractivity contribution >= 4 is 28.2 Å². The topological polar surface area (TPSA) is 86.2 Å². The van der Waals surface area contributed by atoms with Crippen LogP contribution in [0.1, 0.15) is 77.5 Å². The molecule has 4 rings (SSSR count). The van der Waals surface area contributed by atoms with Gasteiger partial charge in [-0.3, -0.25) is 9.20 Å². The van der Waals surface area contributed by atoms with E-state index in [-0.39, 0.29) is 24.0 Å². The minimum atomic E-state index is 0. The number of carbonyl (C=O) groups excluding carboxylic acids is 1. The van der Waals surface area contributed by atoms with E-state index >= 15 is 0 Å². The Morgan fingerprint density at radius 1 is 0.906 bits per heavy atom. The Kier molecular flexibility index (Phi) is 7.08. The fraction of sp³-hybridized carbons (Fsp3) is 0.385. The lowest BCUT2D eigenvalue weighted by molar-refractivity contribution is 0.101. The fourth-order valence-electron chi connectivity index (χ4n) is 3.23. The van der Waals surface area contributed by atoms with Crippen LogP contribution in [0.15, 0.2) is 49.1 Å². The summed E-state index contributed by atoms with van der Waals surface area (Å²) in [6.07, 6.45) is 5.12. The molecule has 4 aromatic rings. The van der Waals surface area contributed by atoms with E-state index in [0.717, 1.165) is 16.6 Å². The molecule has 170 valence electrons. The Hall–Kier alpha value is -3.28. The molecule has 0 amide bonds. The van der Waals surface area contributed by atoms with Crippen molar-refractivity contribution in [1.82, 2.24) is 19.4 Å². The maximum absolute atomic E-state index is 11.4. The van der Waals surface area contributed by atoms with E-state index in [2.05, 4.69) is 74.7 Å². The van der Waals surface area contributed by atoms with Crippen LogP contribution in [0.4, 0.5) is 5.82 Å². The number of hydrogen-bond acceptors (Lipinski definition) is 5. The summed E-state index contributed by atoms with van der Waals surface area (Å²) in [5, 5.41) is 0.935.